The molecule has 0 aliphatic heterocycles. The SMILES string of the molecule is COc1ccc(F)cc1C(=O)NCc1ccc(-c2nn(C[C@H](C(C)C)N(C)C(=O)n3cncn3)c3ncnc(N)c23)cc1. The van der Waals surface area contributed by atoms with Crippen molar-refractivity contribution in [1.29, 1.82) is 0 Å². The van der Waals surface area contributed by atoms with E-state index in [-0.39, 0.29) is 41.7 Å². The fourth-order valence-corrected chi connectivity index (χ4v) is 4.84. The summed E-state index contributed by atoms with van der Waals surface area (Å²) >= 11 is 0. The van der Waals surface area contributed by atoms with Crippen molar-refractivity contribution in [2.75, 3.05) is 19.9 Å². The summed E-state index contributed by atoms with van der Waals surface area (Å²) < 4.78 is 21.8. The van der Waals surface area contributed by atoms with E-state index in [2.05, 4.69) is 25.4 Å². The second kappa shape index (κ2) is 12.2. The number of benzene rings is 2. The van der Waals surface area contributed by atoms with E-state index < -0.39 is 11.7 Å². The van der Waals surface area contributed by atoms with Gasteiger partial charge in [-0.05, 0) is 29.7 Å². The summed E-state index contributed by atoms with van der Waals surface area (Å²) in [5.74, 6) is -0.355. The van der Waals surface area contributed by atoms with Crippen LogP contribution >= 0.6 is 0 Å². The number of rotatable bonds is 9. The lowest BCUT2D eigenvalue weighted by Gasteiger charge is -2.30. The van der Waals surface area contributed by atoms with Gasteiger partial charge in [0.1, 0.15) is 42.1 Å². The minimum Gasteiger partial charge on any atom is -0.496 e. The smallest absolute Gasteiger partial charge is 0.346 e. The number of fused-ring (bicyclic) bond motifs is 1. The van der Waals surface area contributed by atoms with E-state index in [9.17, 15) is 14.0 Å². The zero-order chi connectivity index (χ0) is 30.7. The number of anilines is 1. The Labute approximate surface area is 246 Å². The third kappa shape index (κ3) is 5.98. The standard InChI is InChI=1S/C29H31FN10O3/c1-17(2)22(38(3)29(42)40-16-32-14-36-40)13-39-27-24(26(31)34-15-35-27)25(37-39)19-7-5-18(6-8-19)12-33-28(41)21-11-20(30)9-10-23(21)43-4/h5-11,14-17,22H,12-13H2,1-4H3,(H,33,41)(H2,31,34,35)/t22-/m1/s1. The minimum absolute atomic E-state index is 0.0706. The van der Waals surface area contributed by atoms with Crippen LogP contribution in [0.25, 0.3) is 22.3 Å². The number of halogens is 1. The number of amides is 2. The van der Waals surface area contributed by atoms with Crippen LogP contribution in [0.4, 0.5) is 15.0 Å². The van der Waals surface area contributed by atoms with Gasteiger partial charge in [-0.25, -0.2) is 28.8 Å². The predicted molar refractivity (Wildman–Crippen MR) is 156 cm³/mol. The summed E-state index contributed by atoms with van der Waals surface area (Å²) in [7, 11) is 3.14. The van der Waals surface area contributed by atoms with Crippen LogP contribution in [0.3, 0.4) is 0 Å². The minimum atomic E-state index is -0.529. The van der Waals surface area contributed by atoms with Gasteiger partial charge in [0.15, 0.2) is 5.65 Å². The molecule has 0 aliphatic carbocycles. The van der Waals surface area contributed by atoms with E-state index in [1.807, 2.05) is 38.1 Å². The van der Waals surface area contributed by atoms with Gasteiger partial charge < -0.3 is 20.7 Å². The van der Waals surface area contributed by atoms with Crippen molar-refractivity contribution in [2.24, 2.45) is 5.92 Å². The average molecular weight is 587 g/mol. The van der Waals surface area contributed by atoms with Gasteiger partial charge in [0.2, 0.25) is 0 Å². The van der Waals surface area contributed by atoms with Gasteiger partial charge in [-0.1, -0.05) is 38.1 Å². The second-order valence-electron chi connectivity index (χ2n) is 10.3. The molecule has 3 N–H and O–H groups in total. The van der Waals surface area contributed by atoms with Gasteiger partial charge in [0.05, 0.1) is 30.6 Å². The number of ether oxygens (including phenoxy) is 1. The Kier molecular flexibility index (Phi) is 8.27. The van der Waals surface area contributed by atoms with Crippen molar-refractivity contribution >= 4 is 28.8 Å². The van der Waals surface area contributed by atoms with Gasteiger partial charge in [0.25, 0.3) is 5.91 Å². The molecule has 5 aromatic rings. The van der Waals surface area contributed by atoms with Crippen LogP contribution < -0.4 is 15.8 Å². The largest absolute Gasteiger partial charge is 0.496 e. The van der Waals surface area contributed by atoms with Crippen LogP contribution in [0, 0.1) is 11.7 Å². The molecule has 222 valence electrons. The predicted octanol–water partition coefficient (Wildman–Crippen LogP) is 3.37. The van der Waals surface area contributed by atoms with Crippen LogP contribution in [0.5, 0.6) is 5.75 Å². The van der Waals surface area contributed by atoms with Crippen molar-refractivity contribution in [3.63, 3.8) is 0 Å². The highest BCUT2D eigenvalue weighted by Crippen LogP contribution is 2.31. The van der Waals surface area contributed by atoms with Crippen LogP contribution in [-0.4, -0.2) is 71.6 Å². The first-order chi connectivity index (χ1) is 20.7. The molecule has 43 heavy (non-hydrogen) atoms. The molecule has 0 saturated heterocycles. The Hall–Kier alpha value is -5.40. The highest BCUT2D eigenvalue weighted by Gasteiger charge is 2.27. The van der Waals surface area contributed by atoms with Crippen LogP contribution in [0.1, 0.15) is 29.8 Å². The number of nitrogens with zero attached hydrogens (tertiary/aromatic N) is 8. The molecule has 2 amide bonds. The van der Waals surface area contributed by atoms with Gasteiger partial charge >= 0.3 is 6.03 Å². The average Bonchev–Trinajstić information content (AvgIpc) is 3.67. The number of aromatic nitrogens is 7. The van der Waals surface area contributed by atoms with Crippen LogP contribution in [0.15, 0.2) is 61.4 Å². The fraction of sp³-hybridized carbons (Fsp3) is 0.276. The summed E-state index contributed by atoms with van der Waals surface area (Å²) in [4.78, 5) is 39.8. The lowest BCUT2D eigenvalue weighted by Crippen LogP contribution is -2.45. The van der Waals surface area contributed by atoms with E-state index in [1.54, 1.807) is 16.6 Å². The molecule has 1 atom stereocenters. The van der Waals surface area contributed by atoms with E-state index in [0.717, 1.165) is 17.2 Å². The normalized spacial score (nSPS) is 12.0. The zero-order valence-corrected chi connectivity index (χ0v) is 24.1. The molecular weight excluding hydrogens is 555 g/mol. The Bertz CT molecular complexity index is 1750. The molecule has 3 aromatic heterocycles. The third-order valence-corrected chi connectivity index (χ3v) is 7.19. The Morgan fingerprint density at radius 3 is 2.56 bits per heavy atom. The summed E-state index contributed by atoms with van der Waals surface area (Å²) in [5.41, 5.74) is 9.11. The topological polar surface area (TPSA) is 159 Å². The molecule has 13 nitrogen and oxygen atoms in total. The number of nitrogen functional groups attached to an aromatic ring is 1. The quantitative estimate of drug-likeness (QED) is 0.264. The maximum Gasteiger partial charge on any atom is 0.346 e. The molecule has 0 fully saturated rings. The Morgan fingerprint density at radius 1 is 1.12 bits per heavy atom. The summed E-state index contributed by atoms with van der Waals surface area (Å²) in [6.07, 6.45) is 4.05. The summed E-state index contributed by atoms with van der Waals surface area (Å²) in [6, 6.07) is 10.6. The highest BCUT2D eigenvalue weighted by atomic mass is 19.1. The molecule has 2 aromatic carbocycles. The zero-order valence-electron chi connectivity index (χ0n) is 24.1. The number of carbonyl (C=O) groups is 2. The first-order valence-corrected chi connectivity index (χ1v) is 13.5. The van der Waals surface area contributed by atoms with Gasteiger partial charge in [0, 0.05) is 19.2 Å². The first kappa shape index (κ1) is 29.1. The molecule has 0 spiro atoms. The number of nitrogens with one attached hydrogen (secondary N) is 1. The van der Waals surface area contributed by atoms with E-state index >= 15 is 0 Å². The molecule has 14 heteroatoms. The maximum atomic E-state index is 13.7. The summed E-state index contributed by atoms with van der Waals surface area (Å²) in [5, 5.41) is 12.2. The van der Waals surface area contributed by atoms with Crippen LogP contribution in [-0.2, 0) is 13.1 Å². The highest BCUT2D eigenvalue weighted by molar-refractivity contribution is 5.98. The van der Waals surface area contributed by atoms with Crippen LogP contribution in [0.2, 0.25) is 0 Å². The molecule has 5 rings (SSSR count). The van der Waals surface area contributed by atoms with Crippen molar-refractivity contribution in [1.82, 2.24) is 44.7 Å². The monoisotopic (exact) mass is 586 g/mol. The summed E-state index contributed by atoms with van der Waals surface area (Å²) in [6.45, 7) is 4.60. The van der Waals surface area contributed by atoms with Gasteiger partial charge in [-0.3, -0.25) is 4.79 Å². The van der Waals surface area contributed by atoms with E-state index in [1.165, 1.54) is 42.9 Å². The van der Waals surface area contributed by atoms with Crippen molar-refractivity contribution in [3.05, 3.63) is 78.4 Å². The first-order valence-electron chi connectivity index (χ1n) is 13.5. The molecule has 3 heterocycles. The van der Waals surface area contributed by atoms with Gasteiger partial charge in [-0.2, -0.15) is 14.9 Å². The fourth-order valence-electron chi connectivity index (χ4n) is 4.84. The second-order valence-corrected chi connectivity index (χ2v) is 10.3. The number of hydrogen-bond acceptors (Lipinski definition) is 9. The molecular formula is C29H31FN10O3. The number of nitrogens with two attached hydrogens (primary N) is 1. The maximum absolute atomic E-state index is 13.7. The van der Waals surface area contributed by atoms with E-state index in [0.29, 0.717) is 23.3 Å². The lowest BCUT2D eigenvalue weighted by molar-refractivity contribution is 0.0947. The Morgan fingerprint density at radius 2 is 1.88 bits per heavy atom. The van der Waals surface area contributed by atoms with Gasteiger partial charge in [-0.15, -0.1) is 0 Å². The number of methoxy groups -OCH3 is 1. The molecule has 0 bridgehead atoms. The number of carbonyl (C=O) groups excluding carboxylic acids is 2. The van der Waals surface area contributed by atoms with E-state index in [4.69, 9.17) is 15.6 Å². The number of hydrogen-bond donors (Lipinski definition) is 2. The third-order valence-electron chi connectivity index (χ3n) is 7.19. The molecule has 0 saturated carbocycles. The molecule has 0 unspecified atom stereocenters. The molecule has 0 radical (unpaired) electrons. The van der Waals surface area contributed by atoms with Crippen molar-refractivity contribution in [3.8, 4) is 17.0 Å². The molecule has 0 aliphatic rings. The lowest BCUT2D eigenvalue weighted by atomic mass is 10.0. The Balaban J connectivity index is 1.39. The van der Waals surface area contributed by atoms with Crippen molar-refractivity contribution in [2.45, 2.75) is 33.0 Å². The van der Waals surface area contributed by atoms with Crippen molar-refractivity contribution < 1.29 is 18.7 Å². The number of likely N-dealkylation sites (N-methyl/N-ethyl adjacent to an activating group) is 1.